The number of nitrogens with zero attached hydrogens (tertiary/aromatic N) is 12. The first-order chi connectivity index (χ1) is 36.3. The molecule has 3 aliphatic carbocycles. The molecule has 12 rings (SSSR count). The number of hydrogen-bond donors (Lipinski definition) is 3. The summed E-state index contributed by atoms with van der Waals surface area (Å²) in [5.41, 5.74) is 21.8. The molecular formula is C60H54N12O3. The Kier molecular flexibility index (Phi) is 14.1. The Morgan fingerprint density at radius 3 is 1.36 bits per heavy atom. The lowest BCUT2D eigenvalue weighted by Crippen LogP contribution is -2.01. The number of hydrogen-bond acceptors (Lipinski definition) is 15. The van der Waals surface area contributed by atoms with Crippen LogP contribution in [0.5, 0.6) is 17.2 Å². The van der Waals surface area contributed by atoms with E-state index in [9.17, 15) is 15.3 Å². The highest BCUT2D eigenvalue weighted by atomic mass is 16.3. The van der Waals surface area contributed by atoms with Crippen molar-refractivity contribution in [2.75, 3.05) is 0 Å². The first-order valence-corrected chi connectivity index (χ1v) is 24.7. The van der Waals surface area contributed by atoms with Crippen LogP contribution in [0.2, 0.25) is 0 Å². The first kappa shape index (κ1) is 49.3. The minimum Gasteiger partial charge on any atom is -0.508 e. The van der Waals surface area contributed by atoms with Crippen LogP contribution in [0.15, 0.2) is 124 Å². The van der Waals surface area contributed by atoms with E-state index in [0.717, 1.165) is 97.9 Å². The van der Waals surface area contributed by atoms with E-state index in [2.05, 4.69) is 136 Å². The van der Waals surface area contributed by atoms with Gasteiger partial charge in [0.1, 0.15) is 54.0 Å². The number of aliphatic imine (C=N–C) groups is 3. The molecule has 15 nitrogen and oxygen atoms in total. The molecule has 0 aliphatic heterocycles. The third-order valence-electron chi connectivity index (χ3n) is 13.2. The Hall–Kier alpha value is -9.24. The largest absolute Gasteiger partial charge is 0.508 e. The van der Waals surface area contributed by atoms with E-state index in [1.54, 1.807) is 36.8 Å². The van der Waals surface area contributed by atoms with E-state index < -0.39 is 0 Å². The van der Waals surface area contributed by atoms with Gasteiger partial charge < -0.3 is 15.3 Å². The molecule has 0 spiro atoms. The lowest BCUT2D eigenvalue weighted by Gasteiger charge is -2.03. The van der Waals surface area contributed by atoms with Crippen molar-refractivity contribution in [1.29, 1.82) is 0 Å². The Balaban J connectivity index is 0.000000128. The van der Waals surface area contributed by atoms with Gasteiger partial charge >= 0.3 is 0 Å². The van der Waals surface area contributed by atoms with Gasteiger partial charge in [0, 0.05) is 54.6 Å². The van der Waals surface area contributed by atoms with Crippen LogP contribution in [0.4, 0.5) is 0 Å². The van der Waals surface area contributed by atoms with Crippen molar-refractivity contribution in [3.05, 3.63) is 211 Å². The zero-order valence-corrected chi connectivity index (χ0v) is 42.6. The van der Waals surface area contributed by atoms with E-state index >= 15 is 0 Å². The van der Waals surface area contributed by atoms with Gasteiger partial charge in [0.2, 0.25) is 0 Å². The van der Waals surface area contributed by atoms with Crippen molar-refractivity contribution in [2.45, 2.75) is 80.4 Å². The molecule has 0 fully saturated rings. The summed E-state index contributed by atoms with van der Waals surface area (Å²) in [5, 5.41) is 54.5. The molecule has 0 bridgehead atoms. The minimum absolute atomic E-state index is 0.290. The van der Waals surface area contributed by atoms with E-state index in [0.29, 0.717) is 37.1 Å². The molecule has 3 N–H and O–H groups in total. The molecule has 3 aliphatic rings. The molecule has 6 aromatic carbocycles. The fourth-order valence-corrected chi connectivity index (χ4v) is 9.27. The van der Waals surface area contributed by atoms with E-state index in [1.165, 1.54) is 38.9 Å². The molecule has 0 radical (unpaired) electrons. The average Bonchev–Trinajstić information content (AvgIpc) is 4.09. The van der Waals surface area contributed by atoms with Crippen molar-refractivity contribution in [1.82, 2.24) is 45.5 Å². The number of benzene rings is 6. The molecule has 3 heterocycles. The number of fused-ring (bicyclic) bond motifs is 9. The molecule has 0 amide bonds. The summed E-state index contributed by atoms with van der Waals surface area (Å²) >= 11 is 0. The maximum atomic E-state index is 9.56. The lowest BCUT2D eigenvalue weighted by molar-refractivity contribution is 0.470. The Labute approximate surface area is 434 Å². The third kappa shape index (κ3) is 11.2. The maximum absolute atomic E-state index is 9.56. The number of phenols is 3. The van der Waals surface area contributed by atoms with Crippen molar-refractivity contribution in [3.63, 3.8) is 0 Å². The summed E-state index contributed by atoms with van der Waals surface area (Å²) in [5.74, 6) is 2.73. The fourth-order valence-electron chi connectivity index (χ4n) is 9.27. The molecule has 0 unspecified atom stereocenters. The van der Waals surface area contributed by atoms with Crippen LogP contribution in [0.1, 0.15) is 101 Å². The van der Waals surface area contributed by atoms with Crippen molar-refractivity contribution in [2.24, 2.45) is 15.0 Å². The molecule has 15 heteroatoms. The van der Waals surface area contributed by atoms with Gasteiger partial charge in [0.05, 0.1) is 17.1 Å². The predicted molar refractivity (Wildman–Crippen MR) is 291 cm³/mol. The third-order valence-corrected chi connectivity index (χ3v) is 13.2. The summed E-state index contributed by atoms with van der Waals surface area (Å²) in [6.45, 7) is 13.0. The molecule has 0 saturated heterocycles. The molecular weight excluding hydrogens is 937 g/mol. The second-order valence-electron chi connectivity index (χ2n) is 19.1. The van der Waals surface area contributed by atoms with Crippen LogP contribution < -0.4 is 0 Å². The second-order valence-corrected chi connectivity index (χ2v) is 19.1. The Bertz CT molecular complexity index is 3760. The van der Waals surface area contributed by atoms with Crippen LogP contribution in [-0.2, 0) is 38.9 Å². The van der Waals surface area contributed by atoms with Crippen LogP contribution >= 0.6 is 0 Å². The number of aryl methyl sites for hydroxylation is 6. The number of aromatic hydroxyl groups is 3. The molecule has 9 aromatic rings. The minimum atomic E-state index is 0.290. The highest BCUT2D eigenvalue weighted by Gasteiger charge is 2.25. The van der Waals surface area contributed by atoms with Crippen LogP contribution in [0.25, 0.3) is 33.8 Å². The summed E-state index contributed by atoms with van der Waals surface area (Å²) in [7, 11) is 0. The normalized spacial score (nSPS) is 12.4. The monoisotopic (exact) mass is 990 g/mol. The summed E-state index contributed by atoms with van der Waals surface area (Å²) in [6.07, 6.45) is 7.70. The second kappa shape index (κ2) is 21.5. The van der Waals surface area contributed by atoms with Gasteiger partial charge in [0.15, 0.2) is 17.5 Å². The van der Waals surface area contributed by atoms with Crippen LogP contribution in [0, 0.1) is 41.5 Å². The van der Waals surface area contributed by atoms with Gasteiger partial charge in [-0.05, 0) is 158 Å². The molecule has 0 atom stereocenters. The summed E-state index contributed by atoms with van der Waals surface area (Å²) in [6, 6.07) is 35.2. The van der Waals surface area contributed by atoms with Gasteiger partial charge in [-0.1, -0.05) is 59.7 Å². The Morgan fingerprint density at radius 2 is 0.840 bits per heavy atom. The number of aromatic nitrogens is 9. The predicted octanol–water partition coefficient (Wildman–Crippen LogP) is 10.2. The van der Waals surface area contributed by atoms with Gasteiger partial charge in [-0.3, -0.25) is 15.0 Å². The van der Waals surface area contributed by atoms with Crippen LogP contribution in [-0.4, -0.2) is 79.5 Å². The molecule has 372 valence electrons. The first-order valence-electron chi connectivity index (χ1n) is 24.7. The average molecular weight is 991 g/mol. The van der Waals surface area contributed by atoms with Gasteiger partial charge in [-0.25, -0.2) is 15.0 Å². The Morgan fingerprint density at radius 1 is 0.400 bits per heavy atom. The molecule has 75 heavy (non-hydrogen) atoms. The summed E-state index contributed by atoms with van der Waals surface area (Å²) < 4.78 is 0. The SMILES string of the molecule is Cc1cc(C=NCc2nnc3c(n2)Cc2cccc(C)c2-3)ccc1O.Cc1ccc2c(c1)-c1nnc(CN=Cc3ccc(O)c(C)c3)nc1C2.Cc1ccc2c(c1)Cc1nc(CN=Cc3ccc(O)c(C)c3)nnc1-2. The lowest BCUT2D eigenvalue weighted by atomic mass is 10.0. The van der Waals surface area contributed by atoms with Gasteiger partial charge in [0.25, 0.3) is 0 Å². The smallest absolute Gasteiger partial charge is 0.172 e. The molecule has 3 aromatic heterocycles. The highest BCUT2D eigenvalue weighted by Crippen LogP contribution is 2.37. The van der Waals surface area contributed by atoms with Crippen molar-refractivity contribution in [3.8, 4) is 51.0 Å². The van der Waals surface area contributed by atoms with Crippen LogP contribution in [0.3, 0.4) is 0 Å². The number of phenolic OH excluding ortho intramolecular Hbond substituents is 3. The maximum Gasteiger partial charge on any atom is 0.172 e. The van der Waals surface area contributed by atoms with E-state index in [4.69, 9.17) is 0 Å². The number of rotatable bonds is 9. The molecule has 0 saturated carbocycles. The van der Waals surface area contributed by atoms with Gasteiger partial charge in [-0.2, -0.15) is 0 Å². The van der Waals surface area contributed by atoms with Crippen molar-refractivity contribution >= 4 is 18.6 Å². The highest BCUT2D eigenvalue weighted by molar-refractivity contribution is 5.82. The summed E-state index contributed by atoms with van der Waals surface area (Å²) in [4.78, 5) is 27.1. The quantitative estimate of drug-likeness (QED) is 0.115. The van der Waals surface area contributed by atoms with Gasteiger partial charge in [-0.15, -0.1) is 30.6 Å². The van der Waals surface area contributed by atoms with E-state index in [-0.39, 0.29) is 17.2 Å². The zero-order valence-electron chi connectivity index (χ0n) is 42.6. The fraction of sp³-hybridized carbons (Fsp3) is 0.200. The van der Waals surface area contributed by atoms with E-state index in [1.807, 2.05) is 57.2 Å². The van der Waals surface area contributed by atoms with Crippen molar-refractivity contribution < 1.29 is 15.3 Å². The standard InChI is InChI=1S/3C20H18N4O/c1-12-3-5-16-15(7-12)9-17-20(16)24-23-19(22-17)11-21-10-14-4-6-18(25)13(2)8-14;1-12-3-5-15-9-17-20(16(15)7-12)24-23-19(22-17)11-21-10-14-4-6-18(25)13(2)8-14;1-12-4-3-5-15-9-16-20(19(12)15)24-23-18(22-16)11-21-10-14-6-7-17(25)13(2)8-14/h3*3-8,10,25H,9,11H2,1-2H3. The zero-order chi connectivity index (χ0) is 52.2. The topological polar surface area (TPSA) is 214 Å².